The fourth-order valence-electron chi connectivity index (χ4n) is 2.36. The molecule has 0 spiro atoms. The summed E-state index contributed by atoms with van der Waals surface area (Å²) in [7, 11) is -0.215. The van der Waals surface area contributed by atoms with E-state index in [1.54, 1.807) is 38.4 Å². The van der Waals surface area contributed by atoms with Gasteiger partial charge in [0, 0.05) is 26.7 Å². The van der Waals surface area contributed by atoms with Crippen LogP contribution in [0, 0.1) is 6.92 Å². The third kappa shape index (κ3) is 7.64. The monoisotopic (exact) mass is 518 g/mol. The number of ether oxygens (including phenoxy) is 1. The van der Waals surface area contributed by atoms with Gasteiger partial charge in [-0.25, -0.2) is 13.1 Å². The number of aliphatic imine (C=N–C) groups is 1. The van der Waals surface area contributed by atoms with E-state index in [1.807, 2.05) is 31.2 Å². The molecule has 28 heavy (non-hydrogen) atoms. The maximum Gasteiger partial charge on any atom is 0.240 e. The third-order valence-electron chi connectivity index (χ3n) is 3.86. The van der Waals surface area contributed by atoms with E-state index >= 15 is 0 Å². The summed E-state index contributed by atoms with van der Waals surface area (Å²) in [6.45, 7) is 3.14. The van der Waals surface area contributed by atoms with Gasteiger partial charge in [-0.3, -0.25) is 4.99 Å². The van der Waals surface area contributed by atoms with Crippen LogP contribution in [0.4, 0.5) is 0 Å². The summed E-state index contributed by atoms with van der Waals surface area (Å²) in [4.78, 5) is 4.39. The Morgan fingerprint density at radius 3 is 2.43 bits per heavy atom. The molecule has 0 fully saturated rings. The molecule has 2 aromatic carbocycles. The zero-order chi connectivity index (χ0) is 19.7. The predicted octanol–water partition coefficient (Wildman–Crippen LogP) is 2.27. The van der Waals surface area contributed by atoms with Crippen molar-refractivity contribution in [2.75, 3.05) is 27.2 Å². The molecule has 0 aliphatic heterocycles. The molecule has 0 atom stereocenters. The number of methoxy groups -OCH3 is 1. The fraction of sp³-hybridized carbons (Fsp3) is 0.316. The highest BCUT2D eigenvalue weighted by molar-refractivity contribution is 14.0. The van der Waals surface area contributed by atoms with Crippen molar-refractivity contribution in [3.8, 4) is 5.75 Å². The van der Waals surface area contributed by atoms with Crippen LogP contribution < -0.4 is 20.1 Å². The van der Waals surface area contributed by atoms with Crippen LogP contribution >= 0.6 is 24.0 Å². The number of nitrogens with one attached hydrogen (secondary N) is 3. The van der Waals surface area contributed by atoms with Gasteiger partial charge in [0.1, 0.15) is 5.75 Å². The number of hydrogen-bond donors (Lipinski definition) is 3. The van der Waals surface area contributed by atoms with Crippen molar-refractivity contribution < 1.29 is 13.2 Å². The van der Waals surface area contributed by atoms with Gasteiger partial charge in [-0.1, -0.05) is 29.8 Å². The van der Waals surface area contributed by atoms with Crippen LogP contribution in [0.25, 0.3) is 0 Å². The minimum absolute atomic E-state index is 0. The highest BCUT2D eigenvalue weighted by Crippen LogP contribution is 2.12. The van der Waals surface area contributed by atoms with E-state index in [0.717, 1.165) is 16.9 Å². The molecule has 7 nitrogen and oxygen atoms in total. The normalized spacial score (nSPS) is 11.5. The molecular weight excluding hydrogens is 491 g/mol. The quantitative estimate of drug-likeness (QED) is 0.216. The topological polar surface area (TPSA) is 91.8 Å². The second kappa shape index (κ2) is 11.9. The van der Waals surface area contributed by atoms with Gasteiger partial charge in [-0.2, -0.15) is 0 Å². The molecule has 2 aromatic rings. The number of rotatable bonds is 8. The number of halogens is 1. The molecule has 0 unspecified atom stereocenters. The number of sulfonamides is 1. The Morgan fingerprint density at radius 1 is 1.07 bits per heavy atom. The Labute approximate surface area is 184 Å². The fourth-order valence-corrected chi connectivity index (χ4v) is 3.39. The summed E-state index contributed by atoms with van der Waals surface area (Å²) in [5.74, 6) is 1.38. The maximum absolute atomic E-state index is 12.2. The molecule has 0 aromatic heterocycles. The lowest BCUT2D eigenvalue weighted by molar-refractivity contribution is 0.414. The number of benzene rings is 2. The lowest BCUT2D eigenvalue weighted by atomic mass is 10.2. The molecule has 0 heterocycles. The zero-order valence-corrected chi connectivity index (χ0v) is 19.4. The molecule has 0 aliphatic rings. The third-order valence-corrected chi connectivity index (χ3v) is 5.34. The highest BCUT2D eigenvalue weighted by Gasteiger charge is 2.12. The van der Waals surface area contributed by atoms with Gasteiger partial charge in [-0.15, -0.1) is 24.0 Å². The molecule has 0 saturated carbocycles. The van der Waals surface area contributed by atoms with Crippen LogP contribution in [0.2, 0.25) is 0 Å². The Balaban J connectivity index is 0.00000392. The Bertz CT molecular complexity index is 871. The molecule has 0 bridgehead atoms. The van der Waals surface area contributed by atoms with E-state index in [9.17, 15) is 8.42 Å². The van der Waals surface area contributed by atoms with E-state index in [-0.39, 0.29) is 35.4 Å². The second-order valence-electron chi connectivity index (χ2n) is 5.91. The highest BCUT2D eigenvalue weighted by atomic mass is 127. The molecule has 0 aliphatic carbocycles. The van der Waals surface area contributed by atoms with Crippen LogP contribution in [0.1, 0.15) is 11.1 Å². The summed E-state index contributed by atoms with van der Waals surface area (Å²) in [5, 5.41) is 6.26. The number of hydrogen-bond acceptors (Lipinski definition) is 4. The summed E-state index contributed by atoms with van der Waals surface area (Å²) in [6, 6.07) is 14.5. The molecule has 0 saturated heterocycles. The predicted molar refractivity (Wildman–Crippen MR) is 123 cm³/mol. The molecule has 2 rings (SSSR count). The van der Waals surface area contributed by atoms with Crippen molar-refractivity contribution in [3.63, 3.8) is 0 Å². The summed E-state index contributed by atoms with van der Waals surface area (Å²) in [5.41, 5.74) is 2.07. The first-order valence-electron chi connectivity index (χ1n) is 8.58. The zero-order valence-electron chi connectivity index (χ0n) is 16.2. The Morgan fingerprint density at radius 2 is 1.79 bits per heavy atom. The number of aryl methyl sites for hydroxylation is 1. The average molecular weight is 518 g/mol. The van der Waals surface area contributed by atoms with Crippen LogP contribution in [-0.4, -0.2) is 41.6 Å². The average Bonchev–Trinajstić information content (AvgIpc) is 2.68. The lowest BCUT2D eigenvalue weighted by Crippen LogP contribution is -2.41. The lowest BCUT2D eigenvalue weighted by Gasteiger charge is -2.13. The Kier molecular flexibility index (Phi) is 10.3. The van der Waals surface area contributed by atoms with Crippen molar-refractivity contribution in [1.29, 1.82) is 0 Å². The van der Waals surface area contributed by atoms with E-state index in [0.29, 0.717) is 19.0 Å². The van der Waals surface area contributed by atoms with Crippen molar-refractivity contribution in [3.05, 3.63) is 59.7 Å². The second-order valence-corrected chi connectivity index (χ2v) is 7.68. The first-order valence-corrected chi connectivity index (χ1v) is 10.1. The molecule has 0 radical (unpaired) electrons. The van der Waals surface area contributed by atoms with Gasteiger partial charge in [0.15, 0.2) is 5.96 Å². The van der Waals surface area contributed by atoms with E-state index in [4.69, 9.17) is 4.74 Å². The van der Waals surface area contributed by atoms with Gasteiger partial charge in [-0.05, 0) is 36.8 Å². The van der Waals surface area contributed by atoms with Crippen LogP contribution in [0.5, 0.6) is 5.75 Å². The van der Waals surface area contributed by atoms with Crippen LogP contribution in [-0.2, 0) is 16.6 Å². The smallest absolute Gasteiger partial charge is 0.240 e. The molecular formula is C19H27IN4O3S. The molecule has 3 N–H and O–H groups in total. The first kappa shape index (κ1) is 24.2. The van der Waals surface area contributed by atoms with Crippen molar-refractivity contribution in [2.24, 2.45) is 4.99 Å². The van der Waals surface area contributed by atoms with Gasteiger partial charge >= 0.3 is 0 Å². The van der Waals surface area contributed by atoms with Gasteiger partial charge in [0.25, 0.3) is 0 Å². The van der Waals surface area contributed by atoms with Crippen molar-refractivity contribution in [1.82, 2.24) is 15.4 Å². The molecule has 0 amide bonds. The van der Waals surface area contributed by atoms with Crippen LogP contribution in [0.15, 0.2) is 58.4 Å². The first-order chi connectivity index (χ1) is 12.9. The summed E-state index contributed by atoms with van der Waals surface area (Å²) in [6.07, 6.45) is 0. The summed E-state index contributed by atoms with van der Waals surface area (Å²) >= 11 is 0. The van der Waals surface area contributed by atoms with E-state index in [2.05, 4.69) is 20.3 Å². The van der Waals surface area contributed by atoms with E-state index in [1.165, 1.54) is 0 Å². The molecule has 9 heteroatoms. The minimum atomic E-state index is -3.51. The maximum atomic E-state index is 12.2. The number of guanidine groups is 1. The minimum Gasteiger partial charge on any atom is -0.497 e. The standard InChI is InChI=1S/C19H26N4O3S.HI/c1-15-7-9-18(10-8-15)27(24,25)23-12-11-21-19(20-2)22-14-16-5-4-6-17(13-16)26-3;/h4-10,13,23H,11-12,14H2,1-3H3,(H2,20,21,22);1H. The van der Waals surface area contributed by atoms with Crippen molar-refractivity contribution in [2.45, 2.75) is 18.4 Å². The van der Waals surface area contributed by atoms with Gasteiger partial charge in [0.05, 0.1) is 12.0 Å². The largest absolute Gasteiger partial charge is 0.497 e. The molecule has 154 valence electrons. The van der Waals surface area contributed by atoms with Gasteiger partial charge in [0.2, 0.25) is 10.0 Å². The van der Waals surface area contributed by atoms with Crippen molar-refractivity contribution >= 4 is 40.0 Å². The Hall–Kier alpha value is -1.85. The summed E-state index contributed by atoms with van der Waals surface area (Å²) < 4.78 is 32.2. The van der Waals surface area contributed by atoms with E-state index < -0.39 is 10.0 Å². The SMILES string of the molecule is CN=C(NCCNS(=O)(=O)c1ccc(C)cc1)NCc1cccc(OC)c1.I. The van der Waals surface area contributed by atoms with Crippen LogP contribution in [0.3, 0.4) is 0 Å². The number of nitrogens with zero attached hydrogens (tertiary/aromatic N) is 1. The van der Waals surface area contributed by atoms with Gasteiger partial charge < -0.3 is 15.4 Å².